The van der Waals surface area contributed by atoms with Crippen LogP contribution in [0.4, 0.5) is 5.69 Å². The highest BCUT2D eigenvalue weighted by Gasteiger charge is 2.15. The van der Waals surface area contributed by atoms with E-state index >= 15 is 0 Å². The highest BCUT2D eigenvalue weighted by atomic mass is 16.5. The van der Waals surface area contributed by atoms with Crippen molar-refractivity contribution in [2.45, 2.75) is 12.5 Å². The van der Waals surface area contributed by atoms with Gasteiger partial charge in [0.15, 0.2) is 0 Å². The Morgan fingerprint density at radius 2 is 1.63 bits per heavy atom. The van der Waals surface area contributed by atoms with Crippen LogP contribution in [0.1, 0.15) is 18.0 Å². The van der Waals surface area contributed by atoms with Gasteiger partial charge in [-0.3, -0.25) is 4.79 Å². The number of rotatable bonds is 5. The smallest absolute Gasteiger partial charge is 0.307 e. The molecule has 0 spiro atoms. The summed E-state index contributed by atoms with van der Waals surface area (Å²) in [5.41, 5.74) is 2.05. The third-order valence-electron chi connectivity index (χ3n) is 2.92. The number of ether oxygens (including phenoxy) is 1. The Bertz CT molecular complexity index is 511. The fraction of sp³-hybridized carbons (Fsp3) is 0.188. The quantitative estimate of drug-likeness (QED) is 0.832. The number of nitrogens with one attached hydrogen (secondary N) is 1. The van der Waals surface area contributed by atoms with Gasteiger partial charge in [0.25, 0.3) is 0 Å². The van der Waals surface area contributed by atoms with E-state index < -0.39 is 0 Å². The second-order valence-electron chi connectivity index (χ2n) is 4.25. The number of hydrogen-bond donors (Lipinski definition) is 1. The molecule has 0 radical (unpaired) electrons. The fourth-order valence-electron chi connectivity index (χ4n) is 1.92. The van der Waals surface area contributed by atoms with Crippen LogP contribution in [0, 0.1) is 0 Å². The van der Waals surface area contributed by atoms with Crippen LogP contribution >= 0.6 is 0 Å². The first-order valence-corrected chi connectivity index (χ1v) is 6.23. The van der Waals surface area contributed by atoms with Gasteiger partial charge in [-0.1, -0.05) is 48.5 Å². The van der Waals surface area contributed by atoms with Crippen LogP contribution in [0.3, 0.4) is 0 Å². The van der Waals surface area contributed by atoms with E-state index in [9.17, 15) is 4.79 Å². The minimum Gasteiger partial charge on any atom is -0.469 e. The van der Waals surface area contributed by atoms with Crippen LogP contribution < -0.4 is 5.32 Å². The van der Waals surface area contributed by atoms with E-state index in [2.05, 4.69) is 5.32 Å². The molecule has 2 rings (SSSR count). The van der Waals surface area contributed by atoms with Crippen molar-refractivity contribution in [3.63, 3.8) is 0 Å². The van der Waals surface area contributed by atoms with Gasteiger partial charge in [-0.25, -0.2) is 0 Å². The fourth-order valence-corrected chi connectivity index (χ4v) is 1.92. The molecule has 3 heteroatoms. The van der Waals surface area contributed by atoms with Crippen LogP contribution in [0.15, 0.2) is 60.7 Å². The van der Waals surface area contributed by atoms with E-state index in [1.807, 2.05) is 60.7 Å². The van der Waals surface area contributed by atoms with Crippen molar-refractivity contribution in [1.29, 1.82) is 0 Å². The number of carbonyl (C=O) groups excluding carboxylic acids is 1. The molecule has 1 N–H and O–H groups in total. The number of esters is 1. The molecule has 1 atom stereocenters. The maximum atomic E-state index is 11.5. The average molecular weight is 255 g/mol. The maximum absolute atomic E-state index is 11.5. The first-order valence-electron chi connectivity index (χ1n) is 6.23. The number of hydrogen-bond acceptors (Lipinski definition) is 3. The molecule has 0 fully saturated rings. The Hall–Kier alpha value is -2.29. The summed E-state index contributed by atoms with van der Waals surface area (Å²) < 4.78 is 4.76. The predicted molar refractivity (Wildman–Crippen MR) is 75.9 cm³/mol. The Morgan fingerprint density at radius 1 is 1.05 bits per heavy atom. The average Bonchev–Trinajstić information content (AvgIpc) is 2.48. The molecule has 0 aliphatic carbocycles. The Kier molecular flexibility index (Phi) is 4.56. The molecule has 0 aliphatic rings. The van der Waals surface area contributed by atoms with Gasteiger partial charge in [0.2, 0.25) is 0 Å². The summed E-state index contributed by atoms with van der Waals surface area (Å²) >= 11 is 0. The van der Waals surface area contributed by atoms with Crippen molar-refractivity contribution in [3.8, 4) is 0 Å². The zero-order valence-corrected chi connectivity index (χ0v) is 10.9. The number of anilines is 1. The van der Waals surface area contributed by atoms with Gasteiger partial charge in [-0.2, -0.15) is 0 Å². The van der Waals surface area contributed by atoms with Crippen LogP contribution in [0.25, 0.3) is 0 Å². The van der Waals surface area contributed by atoms with E-state index in [1.54, 1.807) is 0 Å². The van der Waals surface area contributed by atoms with E-state index in [-0.39, 0.29) is 12.0 Å². The SMILES string of the molecule is COC(=O)C[C@H](Nc1ccccc1)c1ccccc1. The highest BCUT2D eigenvalue weighted by Crippen LogP contribution is 2.22. The van der Waals surface area contributed by atoms with Crippen LogP contribution in [0.5, 0.6) is 0 Å². The van der Waals surface area contributed by atoms with Gasteiger partial charge in [-0.15, -0.1) is 0 Å². The molecule has 2 aromatic rings. The molecule has 0 heterocycles. The zero-order valence-electron chi connectivity index (χ0n) is 10.9. The standard InChI is InChI=1S/C16H17NO2/c1-19-16(18)12-15(13-8-4-2-5-9-13)17-14-10-6-3-7-11-14/h2-11,15,17H,12H2,1H3/t15-/m0/s1. The lowest BCUT2D eigenvalue weighted by molar-refractivity contribution is -0.140. The second-order valence-corrected chi connectivity index (χ2v) is 4.25. The summed E-state index contributed by atoms with van der Waals surface area (Å²) in [5.74, 6) is -0.225. The largest absolute Gasteiger partial charge is 0.469 e. The van der Waals surface area contributed by atoms with Crippen molar-refractivity contribution in [1.82, 2.24) is 0 Å². The van der Waals surface area contributed by atoms with Crippen LogP contribution in [-0.4, -0.2) is 13.1 Å². The van der Waals surface area contributed by atoms with Crippen molar-refractivity contribution in [2.75, 3.05) is 12.4 Å². The first-order chi connectivity index (χ1) is 9.29. The number of para-hydroxylation sites is 1. The lowest BCUT2D eigenvalue weighted by Crippen LogP contribution is -2.16. The van der Waals surface area contributed by atoms with Gasteiger partial charge in [0.05, 0.1) is 19.6 Å². The van der Waals surface area contributed by atoms with Gasteiger partial charge in [-0.05, 0) is 17.7 Å². The normalized spacial score (nSPS) is 11.6. The van der Waals surface area contributed by atoms with Crippen molar-refractivity contribution >= 4 is 11.7 Å². The molecule has 3 nitrogen and oxygen atoms in total. The molecule has 0 amide bonds. The number of benzene rings is 2. The Morgan fingerprint density at radius 3 is 2.21 bits per heavy atom. The lowest BCUT2D eigenvalue weighted by atomic mass is 10.0. The molecule has 0 unspecified atom stereocenters. The van der Waals surface area contributed by atoms with E-state index in [4.69, 9.17) is 4.74 Å². The summed E-state index contributed by atoms with van der Waals surface area (Å²) in [4.78, 5) is 11.5. The topological polar surface area (TPSA) is 38.3 Å². The third kappa shape index (κ3) is 3.85. The highest BCUT2D eigenvalue weighted by molar-refractivity contribution is 5.71. The van der Waals surface area contributed by atoms with Gasteiger partial charge >= 0.3 is 5.97 Å². The summed E-state index contributed by atoms with van der Waals surface area (Å²) in [5, 5.41) is 3.36. The summed E-state index contributed by atoms with van der Waals surface area (Å²) in [6, 6.07) is 19.7. The lowest BCUT2D eigenvalue weighted by Gasteiger charge is -2.19. The minimum absolute atomic E-state index is 0.0870. The Balaban J connectivity index is 2.17. The summed E-state index contributed by atoms with van der Waals surface area (Å²) in [6.45, 7) is 0. The zero-order chi connectivity index (χ0) is 13.5. The van der Waals surface area contributed by atoms with Crippen LogP contribution in [0.2, 0.25) is 0 Å². The van der Waals surface area contributed by atoms with Gasteiger partial charge in [0, 0.05) is 5.69 Å². The molecule has 2 aromatic carbocycles. The Labute approximate surface area is 113 Å². The molecule has 0 aromatic heterocycles. The summed E-state index contributed by atoms with van der Waals surface area (Å²) in [6.07, 6.45) is 0.301. The molecular weight excluding hydrogens is 238 g/mol. The molecule has 0 bridgehead atoms. The van der Waals surface area contributed by atoms with E-state index in [0.29, 0.717) is 6.42 Å². The summed E-state index contributed by atoms with van der Waals surface area (Å²) in [7, 11) is 1.41. The van der Waals surface area contributed by atoms with Gasteiger partial charge < -0.3 is 10.1 Å². The van der Waals surface area contributed by atoms with E-state index in [1.165, 1.54) is 7.11 Å². The molecule has 98 valence electrons. The first kappa shape index (κ1) is 13.1. The van der Waals surface area contributed by atoms with Crippen molar-refractivity contribution < 1.29 is 9.53 Å². The van der Waals surface area contributed by atoms with Gasteiger partial charge in [0.1, 0.15) is 0 Å². The predicted octanol–water partition coefficient (Wildman–Crippen LogP) is 3.40. The van der Waals surface area contributed by atoms with Crippen LogP contribution in [-0.2, 0) is 9.53 Å². The second kappa shape index (κ2) is 6.59. The van der Waals surface area contributed by atoms with E-state index in [0.717, 1.165) is 11.3 Å². The third-order valence-corrected chi connectivity index (χ3v) is 2.92. The maximum Gasteiger partial charge on any atom is 0.307 e. The van der Waals surface area contributed by atoms with Crippen molar-refractivity contribution in [2.24, 2.45) is 0 Å². The molecule has 0 saturated carbocycles. The monoisotopic (exact) mass is 255 g/mol. The molecule has 19 heavy (non-hydrogen) atoms. The molecular formula is C16H17NO2. The van der Waals surface area contributed by atoms with Crippen molar-refractivity contribution in [3.05, 3.63) is 66.2 Å². The number of carbonyl (C=O) groups is 1. The molecule has 0 saturated heterocycles. The molecule has 0 aliphatic heterocycles. The number of methoxy groups -OCH3 is 1. The minimum atomic E-state index is -0.225.